The van der Waals surface area contributed by atoms with Gasteiger partial charge in [0.1, 0.15) is 0 Å². The molecule has 0 aromatic rings. The van der Waals surface area contributed by atoms with Crippen molar-refractivity contribution in [1.29, 1.82) is 0 Å². The number of rotatable bonds is 4. The smallest absolute Gasteiger partial charge is 0.219 e. The van der Waals surface area contributed by atoms with Crippen LogP contribution >= 0.6 is 0 Å². The van der Waals surface area contributed by atoms with Gasteiger partial charge in [0.25, 0.3) is 0 Å². The Labute approximate surface area is 92.3 Å². The fourth-order valence-electron chi connectivity index (χ4n) is 2.19. The van der Waals surface area contributed by atoms with Crippen LogP contribution in [0.5, 0.6) is 0 Å². The molecule has 1 saturated heterocycles. The minimum Gasteiger partial charge on any atom is -0.395 e. The molecule has 0 aromatic heterocycles. The van der Waals surface area contributed by atoms with E-state index in [1.54, 1.807) is 11.2 Å². The molecule has 0 spiro atoms. The van der Waals surface area contributed by atoms with Gasteiger partial charge in [0.15, 0.2) is 0 Å². The van der Waals surface area contributed by atoms with E-state index in [1.807, 2.05) is 13.8 Å². The lowest BCUT2D eigenvalue weighted by atomic mass is 10.2. The highest BCUT2D eigenvalue weighted by atomic mass is 32.2. The summed E-state index contributed by atoms with van der Waals surface area (Å²) in [5.74, 6) is 0. The molecule has 1 heterocycles. The number of nitrogens with zero attached hydrogens (tertiary/aromatic N) is 1. The first-order valence-corrected chi connectivity index (χ1v) is 7.08. The Morgan fingerprint density at radius 1 is 1.47 bits per heavy atom. The van der Waals surface area contributed by atoms with E-state index in [0.717, 1.165) is 19.3 Å². The maximum Gasteiger partial charge on any atom is 0.219 e. The Hall–Kier alpha value is -0.130. The van der Waals surface area contributed by atoms with E-state index in [0.29, 0.717) is 0 Å². The highest BCUT2D eigenvalue weighted by Gasteiger charge is 2.40. The fraction of sp³-hybridized carbons (Fsp3) is 1.00. The van der Waals surface area contributed by atoms with Crippen LogP contribution in [0.15, 0.2) is 0 Å². The van der Waals surface area contributed by atoms with Crippen molar-refractivity contribution in [3.63, 3.8) is 0 Å². The summed E-state index contributed by atoms with van der Waals surface area (Å²) in [4.78, 5) is 0. The number of hydrogen-bond acceptors (Lipinski definition) is 3. The van der Waals surface area contributed by atoms with Gasteiger partial charge < -0.3 is 5.11 Å². The molecule has 1 aliphatic heterocycles. The maximum atomic E-state index is 12.1. The summed E-state index contributed by atoms with van der Waals surface area (Å²) in [5, 5.41) is 8.28. The van der Waals surface area contributed by atoms with E-state index in [9.17, 15) is 8.42 Å². The molecule has 90 valence electrons. The Bertz CT molecular complexity index is 302. The zero-order chi connectivity index (χ0) is 11.6. The molecule has 3 atom stereocenters. The first-order valence-electron chi connectivity index (χ1n) is 5.58. The van der Waals surface area contributed by atoms with Crippen LogP contribution in [0.3, 0.4) is 0 Å². The minimum atomic E-state index is -3.32. The van der Waals surface area contributed by atoms with Crippen LogP contribution in [0, 0.1) is 0 Å². The van der Waals surface area contributed by atoms with Crippen LogP contribution in [-0.4, -0.2) is 41.8 Å². The second kappa shape index (κ2) is 4.80. The molecular weight excluding hydrogens is 214 g/mol. The standard InChI is InChI=1S/C10H21NO3S/c1-4-10-6-5-8(2)11(10)15(13,14)9(3)7-12/h8-10,12H,4-7H2,1-3H3. The first kappa shape index (κ1) is 12.9. The number of aliphatic hydroxyl groups excluding tert-OH is 1. The monoisotopic (exact) mass is 235 g/mol. The van der Waals surface area contributed by atoms with Crippen LogP contribution in [0.4, 0.5) is 0 Å². The summed E-state index contributed by atoms with van der Waals surface area (Å²) in [6.07, 6.45) is 2.71. The lowest BCUT2D eigenvalue weighted by Gasteiger charge is -2.29. The van der Waals surface area contributed by atoms with Gasteiger partial charge in [-0.25, -0.2) is 8.42 Å². The highest BCUT2D eigenvalue weighted by Crippen LogP contribution is 2.30. The predicted molar refractivity (Wildman–Crippen MR) is 60.1 cm³/mol. The van der Waals surface area contributed by atoms with Crippen LogP contribution < -0.4 is 0 Å². The van der Waals surface area contributed by atoms with Gasteiger partial charge in [-0.3, -0.25) is 0 Å². The molecule has 1 fully saturated rings. The summed E-state index contributed by atoms with van der Waals surface area (Å²) in [6, 6.07) is 0.202. The minimum absolute atomic E-state index is 0.0777. The Morgan fingerprint density at radius 2 is 2.07 bits per heavy atom. The van der Waals surface area contributed by atoms with E-state index in [1.165, 1.54) is 0 Å². The lowest BCUT2D eigenvalue weighted by molar-refractivity contribution is 0.278. The molecule has 4 nitrogen and oxygen atoms in total. The van der Waals surface area contributed by atoms with Crippen molar-refractivity contribution in [1.82, 2.24) is 4.31 Å². The van der Waals surface area contributed by atoms with Gasteiger partial charge in [0.05, 0.1) is 11.9 Å². The third-order valence-electron chi connectivity index (χ3n) is 3.24. The van der Waals surface area contributed by atoms with Crippen molar-refractivity contribution in [2.24, 2.45) is 0 Å². The molecule has 1 rings (SSSR count). The molecule has 0 radical (unpaired) electrons. The molecule has 0 amide bonds. The quantitative estimate of drug-likeness (QED) is 0.789. The molecule has 0 aromatic carbocycles. The zero-order valence-electron chi connectivity index (χ0n) is 9.68. The Morgan fingerprint density at radius 3 is 2.53 bits per heavy atom. The van der Waals surface area contributed by atoms with Gasteiger partial charge in [-0.2, -0.15) is 4.31 Å². The second-order valence-corrected chi connectivity index (χ2v) is 6.61. The summed E-state index contributed by atoms with van der Waals surface area (Å²) in [7, 11) is -3.32. The normalized spacial score (nSPS) is 30.7. The van der Waals surface area contributed by atoms with E-state index in [2.05, 4.69) is 0 Å². The van der Waals surface area contributed by atoms with E-state index in [4.69, 9.17) is 5.11 Å². The fourth-order valence-corrected chi connectivity index (χ4v) is 4.07. The Balaban J connectivity index is 2.94. The van der Waals surface area contributed by atoms with Crippen LogP contribution in [0.25, 0.3) is 0 Å². The van der Waals surface area contributed by atoms with Gasteiger partial charge in [-0.1, -0.05) is 6.92 Å². The molecule has 3 unspecified atom stereocenters. The van der Waals surface area contributed by atoms with Gasteiger partial charge >= 0.3 is 0 Å². The van der Waals surface area contributed by atoms with Crippen molar-refractivity contribution in [3.05, 3.63) is 0 Å². The number of aliphatic hydroxyl groups is 1. The lowest BCUT2D eigenvalue weighted by Crippen LogP contribution is -2.45. The Kier molecular flexibility index (Phi) is 4.14. The largest absolute Gasteiger partial charge is 0.395 e. The van der Waals surface area contributed by atoms with Crippen LogP contribution in [0.1, 0.15) is 40.0 Å². The molecule has 5 heteroatoms. The molecular formula is C10H21NO3S. The van der Waals surface area contributed by atoms with Gasteiger partial charge in [0.2, 0.25) is 10.0 Å². The summed E-state index contributed by atoms with van der Waals surface area (Å²) < 4.78 is 25.8. The zero-order valence-corrected chi connectivity index (χ0v) is 10.5. The first-order chi connectivity index (χ1) is 6.95. The second-order valence-electron chi connectivity index (χ2n) is 4.36. The third-order valence-corrected chi connectivity index (χ3v) is 5.65. The summed E-state index contributed by atoms with van der Waals surface area (Å²) >= 11 is 0. The third kappa shape index (κ3) is 2.34. The number of hydrogen-bond donors (Lipinski definition) is 1. The van der Waals surface area contributed by atoms with E-state index < -0.39 is 15.3 Å². The molecule has 0 aliphatic carbocycles. The number of sulfonamides is 1. The van der Waals surface area contributed by atoms with Crippen molar-refractivity contribution >= 4 is 10.0 Å². The predicted octanol–water partition coefficient (Wildman–Crippen LogP) is 0.960. The maximum absolute atomic E-state index is 12.1. The van der Waals surface area contributed by atoms with E-state index in [-0.39, 0.29) is 18.7 Å². The highest BCUT2D eigenvalue weighted by molar-refractivity contribution is 7.89. The van der Waals surface area contributed by atoms with Crippen LogP contribution in [-0.2, 0) is 10.0 Å². The van der Waals surface area contributed by atoms with Crippen LogP contribution in [0.2, 0.25) is 0 Å². The molecule has 0 bridgehead atoms. The van der Waals surface area contributed by atoms with Crippen molar-refractivity contribution in [2.75, 3.05) is 6.61 Å². The van der Waals surface area contributed by atoms with Crippen molar-refractivity contribution in [3.8, 4) is 0 Å². The van der Waals surface area contributed by atoms with Gasteiger partial charge in [-0.15, -0.1) is 0 Å². The van der Waals surface area contributed by atoms with Crippen molar-refractivity contribution < 1.29 is 13.5 Å². The SMILES string of the molecule is CCC1CCC(C)N1S(=O)(=O)C(C)CO. The summed E-state index contributed by atoms with van der Waals surface area (Å²) in [6.45, 7) is 5.21. The van der Waals surface area contributed by atoms with Gasteiger partial charge in [0, 0.05) is 12.1 Å². The molecule has 15 heavy (non-hydrogen) atoms. The van der Waals surface area contributed by atoms with Crippen molar-refractivity contribution in [2.45, 2.75) is 57.4 Å². The average molecular weight is 235 g/mol. The molecule has 1 N–H and O–H groups in total. The van der Waals surface area contributed by atoms with E-state index >= 15 is 0 Å². The summed E-state index contributed by atoms with van der Waals surface area (Å²) in [5.41, 5.74) is 0. The molecule has 0 saturated carbocycles. The van der Waals surface area contributed by atoms with Gasteiger partial charge in [-0.05, 0) is 33.1 Å². The molecule has 1 aliphatic rings. The average Bonchev–Trinajstić information content (AvgIpc) is 2.58. The topological polar surface area (TPSA) is 57.6 Å².